The highest BCUT2D eigenvalue weighted by Gasteiger charge is 2.26. The second kappa shape index (κ2) is 8.96. The minimum absolute atomic E-state index is 0.00421. The summed E-state index contributed by atoms with van der Waals surface area (Å²) in [6, 6.07) is 15.8. The van der Waals surface area contributed by atoms with Crippen LogP contribution in [0.4, 0.5) is 0 Å². The Morgan fingerprint density at radius 2 is 1.88 bits per heavy atom. The van der Waals surface area contributed by atoms with Gasteiger partial charge >= 0.3 is 0 Å². The molecule has 0 spiro atoms. The number of aromatic nitrogens is 3. The first-order valence-corrected chi connectivity index (χ1v) is 11.5. The molecule has 1 amide bonds. The molecule has 0 bridgehead atoms. The molecule has 0 atom stereocenters. The molecule has 0 unspecified atom stereocenters. The highest BCUT2D eigenvalue weighted by Crippen LogP contribution is 2.32. The first kappa shape index (κ1) is 21.6. The topological polar surface area (TPSA) is 53.7 Å². The summed E-state index contributed by atoms with van der Waals surface area (Å²) < 4.78 is 1.89. The number of hydrogen-bond acceptors (Lipinski definition) is 4. The average Bonchev–Trinajstić information content (AvgIpc) is 3.27. The lowest BCUT2D eigenvalue weighted by Crippen LogP contribution is -2.44. The van der Waals surface area contributed by atoms with E-state index in [0.29, 0.717) is 10.7 Å². The van der Waals surface area contributed by atoms with E-state index in [-0.39, 0.29) is 11.9 Å². The first-order chi connectivity index (χ1) is 16.0. The van der Waals surface area contributed by atoms with Gasteiger partial charge in [0.2, 0.25) is 0 Å². The molecular weight excluding hydrogens is 434 g/mol. The summed E-state index contributed by atoms with van der Waals surface area (Å²) >= 11 is 6.23. The molecule has 1 saturated heterocycles. The van der Waals surface area contributed by atoms with Crippen molar-refractivity contribution in [3.8, 4) is 22.4 Å². The number of rotatable bonds is 4. The van der Waals surface area contributed by atoms with Gasteiger partial charge in [-0.05, 0) is 63.3 Å². The average molecular weight is 460 g/mol. The molecule has 168 valence electrons. The van der Waals surface area contributed by atoms with Gasteiger partial charge in [0.05, 0.1) is 11.9 Å². The molecule has 1 aliphatic rings. The fourth-order valence-corrected chi connectivity index (χ4v) is 4.72. The lowest BCUT2D eigenvalue weighted by Gasteiger charge is -2.35. The van der Waals surface area contributed by atoms with E-state index < -0.39 is 0 Å². The maximum atomic E-state index is 13.4. The van der Waals surface area contributed by atoms with Crippen molar-refractivity contribution < 1.29 is 4.79 Å². The third-order valence-corrected chi connectivity index (χ3v) is 6.73. The maximum absolute atomic E-state index is 13.4. The van der Waals surface area contributed by atoms with Gasteiger partial charge < -0.3 is 9.80 Å². The molecule has 4 heterocycles. The van der Waals surface area contributed by atoms with Gasteiger partial charge in [0.1, 0.15) is 11.3 Å². The van der Waals surface area contributed by atoms with Crippen LogP contribution in [0, 0.1) is 0 Å². The lowest BCUT2D eigenvalue weighted by molar-refractivity contribution is 0.0652. The number of hydrogen-bond donors (Lipinski definition) is 0. The van der Waals surface area contributed by atoms with Gasteiger partial charge in [0.25, 0.3) is 5.91 Å². The number of carbonyl (C=O) groups is 1. The molecule has 0 saturated carbocycles. The Kier molecular flexibility index (Phi) is 5.87. The van der Waals surface area contributed by atoms with Crippen molar-refractivity contribution in [3.63, 3.8) is 0 Å². The smallest absolute Gasteiger partial charge is 0.272 e. The van der Waals surface area contributed by atoms with Crippen molar-refractivity contribution in [2.24, 2.45) is 0 Å². The van der Waals surface area contributed by atoms with Gasteiger partial charge in [-0.15, -0.1) is 0 Å². The van der Waals surface area contributed by atoms with Gasteiger partial charge in [0, 0.05) is 47.2 Å². The Morgan fingerprint density at radius 1 is 1.06 bits per heavy atom. The van der Waals surface area contributed by atoms with E-state index in [9.17, 15) is 4.79 Å². The van der Waals surface area contributed by atoms with Crippen LogP contribution in [0.15, 0.2) is 67.1 Å². The molecule has 0 radical (unpaired) electrons. The Labute approximate surface area is 198 Å². The Morgan fingerprint density at radius 3 is 2.67 bits per heavy atom. The van der Waals surface area contributed by atoms with E-state index in [2.05, 4.69) is 21.9 Å². The predicted molar refractivity (Wildman–Crippen MR) is 131 cm³/mol. The zero-order valence-corrected chi connectivity index (χ0v) is 19.5. The molecule has 0 aliphatic carbocycles. The van der Waals surface area contributed by atoms with E-state index >= 15 is 0 Å². The summed E-state index contributed by atoms with van der Waals surface area (Å²) in [7, 11) is 4.03. The van der Waals surface area contributed by atoms with Crippen LogP contribution in [0.2, 0.25) is 5.02 Å². The van der Waals surface area contributed by atoms with Crippen molar-refractivity contribution >= 4 is 23.2 Å². The van der Waals surface area contributed by atoms with E-state index in [1.165, 1.54) is 0 Å². The zero-order chi connectivity index (χ0) is 22.9. The number of pyridine rings is 2. The quantitative estimate of drug-likeness (QED) is 0.436. The normalized spacial score (nSPS) is 15.1. The van der Waals surface area contributed by atoms with Crippen molar-refractivity contribution in [1.29, 1.82) is 0 Å². The number of piperidine rings is 1. The second-order valence-corrected chi connectivity index (χ2v) is 9.09. The fraction of sp³-hybridized carbons (Fsp3) is 0.269. The van der Waals surface area contributed by atoms with Crippen LogP contribution in [0.1, 0.15) is 23.3 Å². The minimum Gasteiger partial charge on any atom is -0.337 e. The van der Waals surface area contributed by atoms with Gasteiger partial charge in [0.15, 0.2) is 0 Å². The summed E-state index contributed by atoms with van der Waals surface area (Å²) in [6.07, 6.45) is 7.40. The molecule has 0 N–H and O–H groups in total. The van der Waals surface area contributed by atoms with Gasteiger partial charge in [-0.1, -0.05) is 29.8 Å². The molecule has 5 rings (SSSR count). The van der Waals surface area contributed by atoms with Gasteiger partial charge in [-0.25, -0.2) is 4.98 Å². The number of imidazole rings is 1. The molecule has 1 fully saturated rings. The SMILES string of the molecule is CN1CCC(N(C)C(=O)c2cnc3ccc(-c4cccnc4-c4cccc(Cl)c4)cn23)CC1. The molecule has 1 aliphatic heterocycles. The number of halogens is 1. The number of carbonyl (C=O) groups excluding carboxylic acids is 1. The van der Waals surface area contributed by atoms with Crippen molar-refractivity contribution in [2.45, 2.75) is 18.9 Å². The van der Waals surface area contributed by atoms with Crippen molar-refractivity contribution in [2.75, 3.05) is 27.2 Å². The molecule has 6 nitrogen and oxygen atoms in total. The highest BCUT2D eigenvalue weighted by molar-refractivity contribution is 6.30. The molecule has 7 heteroatoms. The minimum atomic E-state index is -0.00421. The van der Waals surface area contributed by atoms with Crippen LogP contribution >= 0.6 is 11.6 Å². The van der Waals surface area contributed by atoms with Gasteiger partial charge in [-0.2, -0.15) is 0 Å². The molecule has 3 aromatic heterocycles. The monoisotopic (exact) mass is 459 g/mol. The van der Waals surface area contributed by atoms with Crippen LogP contribution in [0.3, 0.4) is 0 Å². The zero-order valence-electron chi connectivity index (χ0n) is 18.8. The Balaban J connectivity index is 1.52. The van der Waals surface area contributed by atoms with Crippen molar-refractivity contribution in [1.82, 2.24) is 24.2 Å². The third kappa shape index (κ3) is 4.24. The second-order valence-electron chi connectivity index (χ2n) is 8.65. The maximum Gasteiger partial charge on any atom is 0.272 e. The number of fused-ring (bicyclic) bond motifs is 1. The largest absolute Gasteiger partial charge is 0.337 e. The number of benzene rings is 1. The predicted octanol–water partition coefficient (Wildman–Crippen LogP) is 4.88. The van der Waals surface area contributed by atoms with Crippen LogP contribution < -0.4 is 0 Å². The standard InChI is InChI=1S/C26H26ClN5O/c1-30-13-10-21(11-14-30)31(2)26(33)23-16-29-24-9-8-19(17-32(23)24)22-7-4-12-28-25(22)18-5-3-6-20(27)15-18/h3-9,12,15-17,21H,10-11,13-14H2,1-2H3. The number of nitrogens with zero attached hydrogens (tertiary/aromatic N) is 5. The highest BCUT2D eigenvalue weighted by atomic mass is 35.5. The number of likely N-dealkylation sites (tertiary alicyclic amines) is 1. The number of amides is 1. The summed E-state index contributed by atoms with van der Waals surface area (Å²) in [5, 5.41) is 0.666. The Hall–Kier alpha value is -3.22. The summed E-state index contributed by atoms with van der Waals surface area (Å²) in [5.74, 6) is -0.00421. The summed E-state index contributed by atoms with van der Waals surface area (Å²) in [6.45, 7) is 2.01. The van der Waals surface area contributed by atoms with Crippen molar-refractivity contribution in [3.05, 3.63) is 77.8 Å². The van der Waals surface area contributed by atoms with Crippen LogP contribution in [0.5, 0.6) is 0 Å². The third-order valence-electron chi connectivity index (χ3n) is 6.50. The van der Waals surface area contributed by atoms with E-state index in [1.54, 1.807) is 12.4 Å². The molecule has 1 aromatic carbocycles. The van der Waals surface area contributed by atoms with Gasteiger partial charge in [-0.3, -0.25) is 14.2 Å². The van der Waals surface area contributed by atoms with Crippen LogP contribution in [0.25, 0.3) is 28.0 Å². The van der Waals surface area contributed by atoms with E-state index in [1.807, 2.05) is 71.1 Å². The summed E-state index contributed by atoms with van der Waals surface area (Å²) in [5.41, 5.74) is 5.03. The van der Waals surface area contributed by atoms with E-state index in [4.69, 9.17) is 11.6 Å². The van der Waals surface area contributed by atoms with Crippen LogP contribution in [-0.4, -0.2) is 63.3 Å². The molecule has 4 aromatic rings. The lowest BCUT2D eigenvalue weighted by atomic mass is 10.0. The summed E-state index contributed by atoms with van der Waals surface area (Å²) in [4.78, 5) is 26.7. The van der Waals surface area contributed by atoms with Crippen LogP contribution in [-0.2, 0) is 0 Å². The molecule has 33 heavy (non-hydrogen) atoms. The molecular formula is C26H26ClN5O. The van der Waals surface area contributed by atoms with E-state index in [0.717, 1.165) is 54.0 Å². The fourth-order valence-electron chi connectivity index (χ4n) is 4.53. The first-order valence-electron chi connectivity index (χ1n) is 11.2. The Bertz CT molecular complexity index is 1310.